The third-order valence-corrected chi connectivity index (χ3v) is 4.88. The number of aryl methyl sites for hydroxylation is 2. The fourth-order valence-corrected chi connectivity index (χ4v) is 3.39. The lowest BCUT2D eigenvalue weighted by Crippen LogP contribution is -2.35. The van der Waals surface area contributed by atoms with Crippen molar-refractivity contribution in [2.24, 2.45) is 0 Å². The molecule has 134 valence electrons. The Morgan fingerprint density at radius 1 is 1.04 bits per heavy atom. The molecule has 0 atom stereocenters. The summed E-state index contributed by atoms with van der Waals surface area (Å²) < 4.78 is 5.62. The maximum absolute atomic E-state index is 12.6. The van der Waals surface area contributed by atoms with Crippen molar-refractivity contribution in [3.63, 3.8) is 0 Å². The summed E-state index contributed by atoms with van der Waals surface area (Å²) in [5, 5.41) is 0. The number of hydrogen-bond donors (Lipinski definition) is 0. The van der Waals surface area contributed by atoms with Gasteiger partial charge in [0.1, 0.15) is 5.76 Å². The van der Waals surface area contributed by atoms with E-state index in [4.69, 9.17) is 4.42 Å². The van der Waals surface area contributed by atoms with Gasteiger partial charge in [0, 0.05) is 26.1 Å². The SMILES string of the molecule is CCc1ccc(C(=O)N2CCCN(CCCc3ccccc3)CC2)o1. The van der Waals surface area contributed by atoms with Crippen LogP contribution in [0.4, 0.5) is 0 Å². The summed E-state index contributed by atoms with van der Waals surface area (Å²) in [5.41, 5.74) is 1.40. The topological polar surface area (TPSA) is 36.7 Å². The molecule has 2 heterocycles. The van der Waals surface area contributed by atoms with Gasteiger partial charge >= 0.3 is 0 Å². The second kappa shape index (κ2) is 8.86. The van der Waals surface area contributed by atoms with Gasteiger partial charge in [0.25, 0.3) is 5.91 Å². The van der Waals surface area contributed by atoms with Crippen molar-refractivity contribution in [1.29, 1.82) is 0 Å². The second-order valence-corrected chi connectivity index (χ2v) is 6.70. The highest BCUT2D eigenvalue weighted by Crippen LogP contribution is 2.14. The number of carbonyl (C=O) groups excluding carboxylic acids is 1. The summed E-state index contributed by atoms with van der Waals surface area (Å²) in [7, 11) is 0. The van der Waals surface area contributed by atoms with Crippen molar-refractivity contribution in [3.05, 3.63) is 59.5 Å². The number of hydrogen-bond acceptors (Lipinski definition) is 3. The van der Waals surface area contributed by atoms with E-state index in [1.54, 1.807) is 0 Å². The van der Waals surface area contributed by atoms with Gasteiger partial charge in [0.05, 0.1) is 0 Å². The molecule has 1 aromatic carbocycles. The first-order valence-corrected chi connectivity index (χ1v) is 9.40. The van der Waals surface area contributed by atoms with Crippen molar-refractivity contribution in [2.75, 3.05) is 32.7 Å². The largest absolute Gasteiger partial charge is 0.456 e. The second-order valence-electron chi connectivity index (χ2n) is 6.70. The monoisotopic (exact) mass is 340 g/mol. The Labute approximate surface area is 150 Å². The Morgan fingerprint density at radius 2 is 1.88 bits per heavy atom. The van der Waals surface area contributed by atoms with E-state index >= 15 is 0 Å². The van der Waals surface area contributed by atoms with Crippen molar-refractivity contribution in [3.8, 4) is 0 Å². The molecule has 0 radical (unpaired) electrons. The van der Waals surface area contributed by atoms with Crippen LogP contribution in [-0.2, 0) is 12.8 Å². The third-order valence-electron chi connectivity index (χ3n) is 4.88. The quantitative estimate of drug-likeness (QED) is 0.806. The van der Waals surface area contributed by atoms with Gasteiger partial charge in [-0.3, -0.25) is 4.79 Å². The van der Waals surface area contributed by atoms with Gasteiger partial charge in [0.2, 0.25) is 0 Å². The van der Waals surface area contributed by atoms with Gasteiger partial charge in [-0.1, -0.05) is 37.3 Å². The first kappa shape index (κ1) is 17.7. The smallest absolute Gasteiger partial charge is 0.289 e. The van der Waals surface area contributed by atoms with E-state index in [-0.39, 0.29) is 5.91 Å². The molecule has 1 aromatic heterocycles. The van der Waals surface area contributed by atoms with Gasteiger partial charge in [-0.2, -0.15) is 0 Å². The fraction of sp³-hybridized carbons (Fsp3) is 0.476. The molecule has 0 spiro atoms. The third kappa shape index (κ3) is 4.95. The summed E-state index contributed by atoms with van der Waals surface area (Å²) in [6.07, 6.45) is 4.13. The van der Waals surface area contributed by atoms with E-state index in [1.165, 1.54) is 5.56 Å². The Morgan fingerprint density at radius 3 is 2.64 bits per heavy atom. The highest BCUT2D eigenvalue weighted by Gasteiger charge is 2.22. The van der Waals surface area contributed by atoms with Crippen molar-refractivity contribution in [1.82, 2.24) is 9.80 Å². The van der Waals surface area contributed by atoms with Gasteiger partial charge in [-0.15, -0.1) is 0 Å². The Balaban J connectivity index is 1.46. The zero-order valence-corrected chi connectivity index (χ0v) is 15.1. The molecule has 1 aliphatic heterocycles. The van der Waals surface area contributed by atoms with Crippen LogP contribution in [0.5, 0.6) is 0 Å². The zero-order chi connectivity index (χ0) is 17.5. The van der Waals surface area contributed by atoms with Crippen molar-refractivity contribution < 1.29 is 9.21 Å². The predicted octanol–water partition coefficient (Wildman–Crippen LogP) is 3.62. The lowest BCUT2D eigenvalue weighted by molar-refractivity contribution is 0.0727. The molecule has 0 unspecified atom stereocenters. The highest BCUT2D eigenvalue weighted by atomic mass is 16.4. The Bertz CT molecular complexity index is 666. The molecule has 0 saturated carbocycles. The van der Waals surface area contributed by atoms with E-state index < -0.39 is 0 Å². The molecule has 0 bridgehead atoms. The Hall–Kier alpha value is -2.07. The summed E-state index contributed by atoms with van der Waals surface area (Å²) in [5.74, 6) is 1.39. The number of amides is 1. The van der Waals surface area contributed by atoms with Gasteiger partial charge in [0.15, 0.2) is 5.76 Å². The van der Waals surface area contributed by atoms with Gasteiger partial charge < -0.3 is 14.2 Å². The molecule has 2 aromatic rings. The van der Waals surface area contributed by atoms with Crippen molar-refractivity contribution in [2.45, 2.75) is 32.6 Å². The molecular formula is C21H28N2O2. The van der Waals surface area contributed by atoms with Crippen LogP contribution >= 0.6 is 0 Å². The average Bonchev–Trinajstić information content (AvgIpc) is 3.01. The number of benzene rings is 1. The van der Waals surface area contributed by atoms with Crippen LogP contribution in [0, 0.1) is 0 Å². The van der Waals surface area contributed by atoms with Crippen LogP contribution in [0.3, 0.4) is 0 Å². The van der Waals surface area contributed by atoms with Crippen LogP contribution in [0.25, 0.3) is 0 Å². The van der Waals surface area contributed by atoms with Crippen LogP contribution < -0.4 is 0 Å². The van der Waals surface area contributed by atoms with Crippen molar-refractivity contribution >= 4 is 5.91 Å². The number of furan rings is 1. The van der Waals surface area contributed by atoms with Gasteiger partial charge in [-0.25, -0.2) is 0 Å². The number of nitrogens with zero attached hydrogens (tertiary/aromatic N) is 2. The molecule has 25 heavy (non-hydrogen) atoms. The normalized spacial score (nSPS) is 16.0. The van der Waals surface area contributed by atoms with Crippen LogP contribution in [-0.4, -0.2) is 48.4 Å². The van der Waals surface area contributed by atoms with Gasteiger partial charge in [-0.05, 0) is 50.0 Å². The standard InChI is InChI=1S/C21H28N2O2/c1-2-19-11-12-20(25-19)21(24)23-15-7-14-22(16-17-23)13-6-10-18-8-4-3-5-9-18/h3-5,8-9,11-12H,2,6-7,10,13-17H2,1H3. The minimum atomic E-state index is 0.0332. The molecule has 0 aliphatic carbocycles. The molecule has 1 saturated heterocycles. The molecule has 3 rings (SSSR count). The number of rotatable bonds is 6. The average molecular weight is 340 g/mol. The molecule has 1 aliphatic rings. The molecule has 4 nitrogen and oxygen atoms in total. The Kier molecular flexibility index (Phi) is 6.29. The maximum Gasteiger partial charge on any atom is 0.289 e. The van der Waals surface area contributed by atoms with E-state index in [9.17, 15) is 4.79 Å². The summed E-state index contributed by atoms with van der Waals surface area (Å²) in [4.78, 5) is 17.0. The first-order valence-electron chi connectivity index (χ1n) is 9.40. The fourth-order valence-electron chi connectivity index (χ4n) is 3.39. The summed E-state index contributed by atoms with van der Waals surface area (Å²) in [6.45, 7) is 6.74. The first-order chi connectivity index (χ1) is 12.3. The zero-order valence-electron chi connectivity index (χ0n) is 15.1. The van der Waals surface area contributed by atoms with E-state index in [0.29, 0.717) is 5.76 Å². The minimum Gasteiger partial charge on any atom is -0.456 e. The van der Waals surface area contributed by atoms with Crippen LogP contribution in [0.15, 0.2) is 46.9 Å². The van der Waals surface area contributed by atoms with Crippen LogP contribution in [0.2, 0.25) is 0 Å². The molecule has 1 amide bonds. The molecule has 1 fully saturated rings. The lowest BCUT2D eigenvalue weighted by Gasteiger charge is -2.21. The van der Waals surface area contributed by atoms with Crippen LogP contribution in [0.1, 0.15) is 41.6 Å². The van der Waals surface area contributed by atoms with E-state index in [1.807, 2.05) is 24.0 Å². The van der Waals surface area contributed by atoms with E-state index in [2.05, 4.69) is 35.2 Å². The number of carbonyl (C=O) groups is 1. The molecular weight excluding hydrogens is 312 g/mol. The minimum absolute atomic E-state index is 0.0332. The summed E-state index contributed by atoms with van der Waals surface area (Å²) in [6, 6.07) is 14.4. The summed E-state index contributed by atoms with van der Waals surface area (Å²) >= 11 is 0. The lowest BCUT2D eigenvalue weighted by atomic mass is 10.1. The predicted molar refractivity (Wildman–Crippen MR) is 99.8 cm³/mol. The molecule has 0 N–H and O–H groups in total. The van der Waals surface area contributed by atoms with E-state index in [0.717, 1.165) is 64.2 Å². The molecule has 4 heteroatoms. The highest BCUT2D eigenvalue weighted by molar-refractivity contribution is 5.91. The maximum atomic E-state index is 12.6.